The molecule has 2 rings (SSSR count). The fourth-order valence-corrected chi connectivity index (χ4v) is 1.76. The highest BCUT2D eigenvalue weighted by atomic mass is 32.1. The van der Waals surface area contributed by atoms with Crippen LogP contribution in [0.25, 0.3) is 0 Å². The molecule has 0 fully saturated rings. The van der Waals surface area contributed by atoms with Gasteiger partial charge in [0.25, 0.3) is 0 Å². The number of hydrazone groups is 1. The molecular formula is C16H17N3OS. The highest BCUT2D eigenvalue weighted by Crippen LogP contribution is 2.14. The molecule has 0 radical (unpaired) electrons. The SMILES string of the molecule is Cc1ccc(COc2cccc(C=NNC(N)=S)c2)cc1. The minimum atomic E-state index is 0.137. The molecule has 0 bridgehead atoms. The Morgan fingerprint density at radius 2 is 2.05 bits per heavy atom. The summed E-state index contributed by atoms with van der Waals surface area (Å²) in [4.78, 5) is 0. The van der Waals surface area contributed by atoms with E-state index in [0.717, 1.165) is 16.9 Å². The molecule has 108 valence electrons. The summed E-state index contributed by atoms with van der Waals surface area (Å²) in [7, 11) is 0. The van der Waals surface area contributed by atoms with Crippen molar-refractivity contribution in [3.05, 3.63) is 65.2 Å². The zero-order valence-corrected chi connectivity index (χ0v) is 12.6. The Balaban J connectivity index is 1.96. The summed E-state index contributed by atoms with van der Waals surface area (Å²) >= 11 is 4.67. The highest BCUT2D eigenvalue weighted by Gasteiger charge is 1.97. The standard InChI is InChI=1S/C16H17N3OS/c1-12-5-7-13(8-6-12)11-20-15-4-2-3-14(9-15)10-18-19-16(17)21/h2-10H,11H2,1H3,(H3,17,19,21). The van der Waals surface area contributed by atoms with Crippen LogP contribution in [0.1, 0.15) is 16.7 Å². The van der Waals surface area contributed by atoms with Crippen LogP contribution in [-0.4, -0.2) is 11.3 Å². The Hall–Kier alpha value is -2.40. The zero-order chi connectivity index (χ0) is 15.1. The molecule has 0 aliphatic carbocycles. The lowest BCUT2D eigenvalue weighted by Gasteiger charge is -2.07. The van der Waals surface area contributed by atoms with E-state index in [1.165, 1.54) is 5.56 Å². The second kappa shape index (κ2) is 7.40. The molecule has 0 atom stereocenters. The van der Waals surface area contributed by atoms with Crippen molar-refractivity contribution in [3.63, 3.8) is 0 Å². The maximum atomic E-state index is 5.77. The topological polar surface area (TPSA) is 59.6 Å². The van der Waals surface area contributed by atoms with Crippen molar-refractivity contribution in [1.82, 2.24) is 5.43 Å². The summed E-state index contributed by atoms with van der Waals surface area (Å²) in [6.45, 7) is 2.60. The average molecular weight is 299 g/mol. The maximum Gasteiger partial charge on any atom is 0.184 e. The van der Waals surface area contributed by atoms with Gasteiger partial charge < -0.3 is 10.5 Å². The van der Waals surface area contributed by atoms with Crippen LogP contribution in [0.15, 0.2) is 53.6 Å². The number of rotatable bonds is 5. The van der Waals surface area contributed by atoms with Crippen LogP contribution in [-0.2, 0) is 6.61 Å². The van der Waals surface area contributed by atoms with Gasteiger partial charge in [-0.15, -0.1) is 0 Å². The summed E-state index contributed by atoms with van der Waals surface area (Å²) in [6.07, 6.45) is 1.64. The van der Waals surface area contributed by atoms with Gasteiger partial charge in [-0.05, 0) is 42.4 Å². The predicted octanol–water partition coefficient (Wildman–Crippen LogP) is 2.74. The van der Waals surface area contributed by atoms with Crippen molar-refractivity contribution in [1.29, 1.82) is 0 Å². The van der Waals surface area contributed by atoms with E-state index in [9.17, 15) is 0 Å². The number of aryl methyl sites for hydroxylation is 1. The number of nitrogens with one attached hydrogen (secondary N) is 1. The fraction of sp³-hybridized carbons (Fsp3) is 0.125. The van der Waals surface area contributed by atoms with Gasteiger partial charge >= 0.3 is 0 Å². The Morgan fingerprint density at radius 1 is 1.29 bits per heavy atom. The predicted molar refractivity (Wildman–Crippen MR) is 89.5 cm³/mol. The molecule has 2 aromatic rings. The van der Waals surface area contributed by atoms with Crippen molar-refractivity contribution in [2.24, 2.45) is 10.8 Å². The number of hydrogen-bond acceptors (Lipinski definition) is 3. The molecule has 21 heavy (non-hydrogen) atoms. The lowest BCUT2D eigenvalue weighted by molar-refractivity contribution is 0.306. The molecule has 0 saturated heterocycles. The van der Waals surface area contributed by atoms with Crippen LogP contribution < -0.4 is 15.9 Å². The van der Waals surface area contributed by atoms with E-state index in [4.69, 9.17) is 10.5 Å². The molecule has 0 saturated carbocycles. The van der Waals surface area contributed by atoms with Gasteiger partial charge in [0.15, 0.2) is 5.11 Å². The van der Waals surface area contributed by atoms with E-state index < -0.39 is 0 Å². The van der Waals surface area contributed by atoms with Crippen molar-refractivity contribution in [2.45, 2.75) is 13.5 Å². The van der Waals surface area contributed by atoms with E-state index in [-0.39, 0.29) is 5.11 Å². The van der Waals surface area contributed by atoms with Gasteiger partial charge in [-0.3, -0.25) is 5.43 Å². The summed E-state index contributed by atoms with van der Waals surface area (Å²) in [5.41, 5.74) is 11.1. The van der Waals surface area contributed by atoms with Gasteiger partial charge in [0, 0.05) is 0 Å². The first-order chi connectivity index (χ1) is 10.1. The lowest BCUT2D eigenvalue weighted by Crippen LogP contribution is -2.23. The van der Waals surface area contributed by atoms with E-state index >= 15 is 0 Å². The average Bonchev–Trinajstić information content (AvgIpc) is 2.47. The van der Waals surface area contributed by atoms with Gasteiger partial charge in [0.1, 0.15) is 12.4 Å². The van der Waals surface area contributed by atoms with Crippen LogP contribution in [0.4, 0.5) is 0 Å². The van der Waals surface area contributed by atoms with E-state index in [2.05, 4.69) is 53.9 Å². The number of thiocarbonyl (C=S) groups is 1. The number of benzene rings is 2. The van der Waals surface area contributed by atoms with Crippen molar-refractivity contribution < 1.29 is 4.74 Å². The molecule has 0 spiro atoms. The molecular weight excluding hydrogens is 282 g/mol. The Labute approximate surface area is 129 Å². The van der Waals surface area contributed by atoms with Gasteiger partial charge in [-0.2, -0.15) is 5.10 Å². The largest absolute Gasteiger partial charge is 0.489 e. The van der Waals surface area contributed by atoms with Crippen LogP contribution in [0.5, 0.6) is 5.75 Å². The van der Waals surface area contributed by atoms with Crippen molar-refractivity contribution in [2.75, 3.05) is 0 Å². The lowest BCUT2D eigenvalue weighted by atomic mass is 10.2. The molecule has 0 unspecified atom stereocenters. The smallest absolute Gasteiger partial charge is 0.184 e. The molecule has 4 nitrogen and oxygen atoms in total. The third-order valence-corrected chi connectivity index (χ3v) is 2.86. The molecule has 0 aliphatic heterocycles. The Kier molecular flexibility index (Phi) is 5.29. The summed E-state index contributed by atoms with van der Waals surface area (Å²) in [6, 6.07) is 15.9. The summed E-state index contributed by atoms with van der Waals surface area (Å²) < 4.78 is 5.77. The van der Waals surface area contributed by atoms with Crippen molar-refractivity contribution in [3.8, 4) is 5.75 Å². The van der Waals surface area contributed by atoms with E-state index in [0.29, 0.717) is 6.61 Å². The number of ether oxygens (including phenoxy) is 1. The number of nitrogens with two attached hydrogens (primary N) is 1. The summed E-state index contributed by atoms with van der Waals surface area (Å²) in [5, 5.41) is 4.05. The monoisotopic (exact) mass is 299 g/mol. The normalized spacial score (nSPS) is 10.5. The molecule has 0 aliphatic rings. The first-order valence-electron chi connectivity index (χ1n) is 6.50. The van der Waals surface area contributed by atoms with Gasteiger partial charge in [0.2, 0.25) is 0 Å². The van der Waals surface area contributed by atoms with Crippen LogP contribution in [0, 0.1) is 6.92 Å². The highest BCUT2D eigenvalue weighted by molar-refractivity contribution is 7.80. The van der Waals surface area contributed by atoms with E-state index in [1.807, 2.05) is 24.3 Å². The molecule has 2 aromatic carbocycles. The van der Waals surface area contributed by atoms with Crippen LogP contribution >= 0.6 is 12.2 Å². The second-order valence-corrected chi connectivity index (χ2v) is 5.02. The second-order valence-electron chi connectivity index (χ2n) is 4.58. The van der Waals surface area contributed by atoms with Gasteiger partial charge in [-0.25, -0.2) is 0 Å². The van der Waals surface area contributed by atoms with Crippen LogP contribution in [0.2, 0.25) is 0 Å². The number of hydrogen-bond donors (Lipinski definition) is 2. The molecule has 0 aromatic heterocycles. The minimum absolute atomic E-state index is 0.137. The third-order valence-electron chi connectivity index (χ3n) is 2.77. The zero-order valence-electron chi connectivity index (χ0n) is 11.7. The third kappa shape index (κ3) is 5.24. The maximum absolute atomic E-state index is 5.77. The van der Waals surface area contributed by atoms with Crippen molar-refractivity contribution >= 4 is 23.5 Å². The number of nitrogens with zero attached hydrogens (tertiary/aromatic N) is 1. The Morgan fingerprint density at radius 3 is 2.76 bits per heavy atom. The van der Waals surface area contributed by atoms with Gasteiger partial charge in [0.05, 0.1) is 6.21 Å². The fourth-order valence-electron chi connectivity index (χ4n) is 1.71. The summed E-state index contributed by atoms with van der Waals surface area (Å²) in [5.74, 6) is 0.787. The molecule has 5 heteroatoms. The quantitative estimate of drug-likeness (QED) is 0.506. The molecule has 0 heterocycles. The first kappa shape index (κ1) is 15.0. The molecule has 3 N–H and O–H groups in total. The van der Waals surface area contributed by atoms with Crippen LogP contribution in [0.3, 0.4) is 0 Å². The van der Waals surface area contributed by atoms with E-state index in [1.54, 1.807) is 6.21 Å². The molecule has 0 amide bonds. The Bertz CT molecular complexity index is 638. The first-order valence-corrected chi connectivity index (χ1v) is 6.91. The van der Waals surface area contributed by atoms with Gasteiger partial charge in [-0.1, -0.05) is 42.0 Å². The minimum Gasteiger partial charge on any atom is -0.489 e.